The van der Waals surface area contributed by atoms with E-state index in [1.807, 2.05) is 31.2 Å². The molecular formula is C14H12N4O. The van der Waals surface area contributed by atoms with Crippen LogP contribution in [0.15, 0.2) is 53.6 Å². The van der Waals surface area contributed by atoms with Gasteiger partial charge in [-0.25, -0.2) is 0 Å². The first-order valence-corrected chi connectivity index (χ1v) is 5.72. The van der Waals surface area contributed by atoms with Gasteiger partial charge in [-0.1, -0.05) is 29.4 Å². The van der Waals surface area contributed by atoms with Gasteiger partial charge in [-0.2, -0.15) is 0 Å². The van der Waals surface area contributed by atoms with Gasteiger partial charge in [0.15, 0.2) is 0 Å². The van der Waals surface area contributed by atoms with Gasteiger partial charge in [0, 0.05) is 21.8 Å². The van der Waals surface area contributed by atoms with Gasteiger partial charge in [0.2, 0.25) is 0 Å². The van der Waals surface area contributed by atoms with Crippen LogP contribution in [0.3, 0.4) is 0 Å². The molecule has 0 saturated carbocycles. The fourth-order valence-corrected chi connectivity index (χ4v) is 1.69. The molecule has 5 heteroatoms. The van der Waals surface area contributed by atoms with Crippen LogP contribution in [0.1, 0.15) is 15.9 Å². The highest BCUT2D eigenvalue weighted by Crippen LogP contribution is 2.16. The molecule has 0 atom stereocenters. The van der Waals surface area contributed by atoms with Crippen LogP contribution in [0, 0.1) is 6.92 Å². The van der Waals surface area contributed by atoms with Gasteiger partial charge >= 0.3 is 0 Å². The van der Waals surface area contributed by atoms with Gasteiger partial charge < -0.3 is 5.32 Å². The molecule has 2 aromatic rings. The average Bonchev–Trinajstić information content (AvgIpc) is 2.39. The smallest absolute Gasteiger partial charge is 0.255 e. The first-order chi connectivity index (χ1) is 9.19. The minimum Gasteiger partial charge on any atom is -0.322 e. The largest absolute Gasteiger partial charge is 0.322 e. The SMILES string of the molecule is Cc1cccc(NC(=O)c2cccc(N=[N+]=[N-])c2)c1. The van der Waals surface area contributed by atoms with E-state index in [0.717, 1.165) is 11.3 Å². The van der Waals surface area contributed by atoms with Crippen LogP contribution < -0.4 is 5.32 Å². The van der Waals surface area contributed by atoms with Crippen molar-refractivity contribution in [2.75, 3.05) is 5.32 Å². The number of carbonyl (C=O) groups excluding carboxylic acids is 1. The van der Waals surface area contributed by atoms with Crippen molar-refractivity contribution < 1.29 is 4.79 Å². The molecule has 0 heterocycles. The molecule has 0 unspecified atom stereocenters. The molecule has 0 fully saturated rings. The molecule has 5 nitrogen and oxygen atoms in total. The number of hydrogen-bond acceptors (Lipinski definition) is 2. The maximum absolute atomic E-state index is 12.0. The molecule has 2 rings (SSSR count). The molecule has 0 bridgehead atoms. The Labute approximate surface area is 110 Å². The van der Waals surface area contributed by atoms with Gasteiger partial charge in [0.1, 0.15) is 0 Å². The van der Waals surface area contributed by atoms with E-state index in [1.54, 1.807) is 24.3 Å². The number of aryl methyl sites for hydroxylation is 1. The van der Waals surface area contributed by atoms with E-state index in [1.165, 1.54) is 0 Å². The zero-order valence-electron chi connectivity index (χ0n) is 10.4. The molecule has 0 saturated heterocycles. The molecule has 0 aliphatic heterocycles. The second-order valence-electron chi connectivity index (χ2n) is 4.06. The summed E-state index contributed by atoms with van der Waals surface area (Å²) in [5.41, 5.74) is 11.0. The van der Waals surface area contributed by atoms with Crippen LogP contribution in [0.25, 0.3) is 10.4 Å². The summed E-state index contributed by atoms with van der Waals surface area (Å²) in [6, 6.07) is 14.1. The number of azide groups is 1. The number of anilines is 1. The van der Waals surface area contributed by atoms with E-state index in [2.05, 4.69) is 15.3 Å². The minimum absolute atomic E-state index is 0.236. The van der Waals surface area contributed by atoms with E-state index in [0.29, 0.717) is 11.3 Å². The van der Waals surface area contributed by atoms with Gasteiger partial charge in [-0.15, -0.1) is 0 Å². The second kappa shape index (κ2) is 5.71. The number of hydrogen-bond donors (Lipinski definition) is 1. The summed E-state index contributed by atoms with van der Waals surface area (Å²) in [7, 11) is 0. The Bertz CT molecular complexity index is 660. The standard InChI is InChI=1S/C14H12N4O/c1-10-4-2-6-12(8-10)16-14(19)11-5-3-7-13(9-11)17-18-15/h2-9H,1H3,(H,16,19). The molecule has 2 aromatic carbocycles. The zero-order chi connectivity index (χ0) is 13.7. The molecule has 0 aliphatic carbocycles. The molecule has 0 radical (unpaired) electrons. The normalized spacial score (nSPS) is 9.53. The Morgan fingerprint density at radius 3 is 2.74 bits per heavy atom. The molecule has 1 N–H and O–H groups in total. The van der Waals surface area contributed by atoms with Crippen molar-refractivity contribution in [2.45, 2.75) is 6.92 Å². The molecule has 0 spiro atoms. The van der Waals surface area contributed by atoms with Crippen LogP contribution in [0.5, 0.6) is 0 Å². The summed E-state index contributed by atoms with van der Waals surface area (Å²) in [5.74, 6) is -0.236. The quantitative estimate of drug-likeness (QED) is 0.496. The summed E-state index contributed by atoms with van der Waals surface area (Å²) in [6.07, 6.45) is 0. The van der Waals surface area contributed by atoms with Crippen LogP contribution in [0.4, 0.5) is 11.4 Å². The van der Waals surface area contributed by atoms with Crippen LogP contribution in [-0.4, -0.2) is 5.91 Å². The second-order valence-corrected chi connectivity index (χ2v) is 4.06. The van der Waals surface area contributed by atoms with E-state index in [-0.39, 0.29) is 5.91 Å². The lowest BCUT2D eigenvalue weighted by atomic mass is 10.1. The van der Waals surface area contributed by atoms with Gasteiger partial charge in [-0.3, -0.25) is 4.79 Å². The Kier molecular flexibility index (Phi) is 3.81. The summed E-state index contributed by atoms with van der Waals surface area (Å²) < 4.78 is 0. The highest BCUT2D eigenvalue weighted by molar-refractivity contribution is 6.04. The Hall–Kier alpha value is -2.78. The van der Waals surface area contributed by atoms with Crippen LogP contribution >= 0.6 is 0 Å². The molecular weight excluding hydrogens is 240 g/mol. The lowest BCUT2D eigenvalue weighted by Crippen LogP contribution is -2.11. The van der Waals surface area contributed by atoms with Crippen molar-refractivity contribution in [1.82, 2.24) is 0 Å². The number of benzene rings is 2. The third-order valence-corrected chi connectivity index (χ3v) is 2.54. The Morgan fingerprint density at radius 1 is 1.21 bits per heavy atom. The van der Waals surface area contributed by atoms with Crippen molar-refractivity contribution in [1.29, 1.82) is 0 Å². The maximum Gasteiger partial charge on any atom is 0.255 e. The monoisotopic (exact) mass is 252 g/mol. The van der Waals surface area contributed by atoms with Crippen molar-refractivity contribution in [3.05, 3.63) is 70.1 Å². The Morgan fingerprint density at radius 2 is 2.00 bits per heavy atom. The summed E-state index contributed by atoms with van der Waals surface area (Å²) in [4.78, 5) is 14.7. The first kappa shape index (κ1) is 12.7. The van der Waals surface area contributed by atoms with E-state index < -0.39 is 0 Å². The highest BCUT2D eigenvalue weighted by Gasteiger charge is 2.06. The fourth-order valence-electron chi connectivity index (χ4n) is 1.69. The highest BCUT2D eigenvalue weighted by atomic mass is 16.1. The fraction of sp³-hybridized carbons (Fsp3) is 0.0714. The first-order valence-electron chi connectivity index (χ1n) is 5.72. The van der Waals surface area contributed by atoms with E-state index >= 15 is 0 Å². The number of carbonyl (C=O) groups is 1. The number of amides is 1. The predicted octanol–water partition coefficient (Wildman–Crippen LogP) is 4.19. The topological polar surface area (TPSA) is 77.9 Å². The van der Waals surface area contributed by atoms with E-state index in [4.69, 9.17) is 5.53 Å². The van der Waals surface area contributed by atoms with Crippen molar-refractivity contribution >= 4 is 17.3 Å². The number of nitrogens with one attached hydrogen (secondary N) is 1. The van der Waals surface area contributed by atoms with Crippen LogP contribution in [-0.2, 0) is 0 Å². The molecule has 94 valence electrons. The van der Waals surface area contributed by atoms with Crippen LogP contribution in [0.2, 0.25) is 0 Å². The lowest BCUT2D eigenvalue weighted by Gasteiger charge is -2.06. The van der Waals surface area contributed by atoms with Gasteiger partial charge in [0.25, 0.3) is 5.91 Å². The predicted molar refractivity (Wildman–Crippen MR) is 74.4 cm³/mol. The third-order valence-electron chi connectivity index (χ3n) is 2.54. The molecule has 0 aliphatic rings. The summed E-state index contributed by atoms with van der Waals surface area (Å²) >= 11 is 0. The van der Waals surface area contributed by atoms with Crippen molar-refractivity contribution in [3.63, 3.8) is 0 Å². The van der Waals surface area contributed by atoms with Crippen molar-refractivity contribution in [3.8, 4) is 0 Å². The maximum atomic E-state index is 12.0. The van der Waals surface area contributed by atoms with E-state index in [9.17, 15) is 4.79 Å². The van der Waals surface area contributed by atoms with Gasteiger partial charge in [0.05, 0.1) is 0 Å². The minimum atomic E-state index is -0.236. The molecule has 19 heavy (non-hydrogen) atoms. The molecule has 1 amide bonds. The summed E-state index contributed by atoms with van der Waals surface area (Å²) in [6.45, 7) is 1.96. The zero-order valence-corrected chi connectivity index (χ0v) is 10.4. The van der Waals surface area contributed by atoms with Gasteiger partial charge in [-0.05, 0) is 42.3 Å². The van der Waals surface area contributed by atoms with Crippen molar-refractivity contribution in [2.24, 2.45) is 5.11 Å². The number of nitrogens with zero attached hydrogens (tertiary/aromatic N) is 3. The Balaban J connectivity index is 2.20. The average molecular weight is 252 g/mol. The number of rotatable bonds is 3. The summed E-state index contributed by atoms with van der Waals surface area (Å²) in [5, 5.41) is 6.27. The third kappa shape index (κ3) is 3.34. The lowest BCUT2D eigenvalue weighted by molar-refractivity contribution is 0.102. The molecule has 0 aromatic heterocycles.